The quantitative estimate of drug-likeness (QED) is 0.240. The first-order chi connectivity index (χ1) is 17.0. The molecule has 0 amide bonds. The van der Waals surface area contributed by atoms with Crippen LogP contribution >= 0.6 is 11.6 Å². The van der Waals surface area contributed by atoms with Crippen LogP contribution in [0.2, 0.25) is 5.15 Å². The molecule has 0 bridgehead atoms. The third-order valence-corrected chi connectivity index (χ3v) is 5.39. The molecule has 35 heavy (non-hydrogen) atoms. The van der Waals surface area contributed by atoms with E-state index < -0.39 is 0 Å². The molecule has 3 aromatic heterocycles. The zero-order valence-electron chi connectivity index (χ0n) is 18.3. The van der Waals surface area contributed by atoms with E-state index in [1.54, 1.807) is 53.6 Å². The van der Waals surface area contributed by atoms with E-state index in [4.69, 9.17) is 16.3 Å². The number of ether oxygens (including phenoxy) is 1. The van der Waals surface area contributed by atoms with Gasteiger partial charge < -0.3 is 9.30 Å². The lowest BCUT2D eigenvalue weighted by Gasteiger charge is -2.06. The maximum atomic E-state index is 13.4. The molecule has 2 aromatic carbocycles. The largest absolute Gasteiger partial charge is 0.427 e. The minimum atomic E-state index is -0.385. The van der Waals surface area contributed by atoms with Crippen LogP contribution in [0.5, 0.6) is 5.75 Å². The molecule has 174 valence electrons. The molecule has 0 atom stereocenters. The first-order valence-electron chi connectivity index (χ1n) is 10.7. The van der Waals surface area contributed by atoms with Gasteiger partial charge in [0, 0.05) is 30.1 Å². The van der Waals surface area contributed by atoms with E-state index in [-0.39, 0.29) is 23.4 Å². The summed E-state index contributed by atoms with van der Waals surface area (Å²) >= 11 is 5.86. The fourth-order valence-corrected chi connectivity index (χ4v) is 3.59. The number of rotatable bonds is 7. The molecule has 0 aliphatic rings. The van der Waals surface area contributed by atoms with Gasteiger partial charge in [0.1, 0.15) is 11.6 Å². The van der Waals surface area contributed by atoms with Gasteiger partial charge in [0.25, 0.3) is 0 Å². The highest BCUT2D eigenvalue weighted by Gasteiger charge is 2.15. The third kappa shape index (κ3) is 5.25. The van der Waals surface area contributed by atoms with Gasteiger partial charge in [-0.1, -0.05) is 11.6 Å². The fraction of sp³-hybridized carbons (Fsp3) is 0.0800. The monoisotopic (exact) mass is 488 g/mol. The van der Waals surface area contributed by atoms with Crippen LogP contribution in [0.4, 0.5) is 4.39 Å². The Bertz CT molecular complexity index is 1370. The van der Waals surface area contributed by atoms with Crippen LogP contribution in [-0.4, -0.2) is 35.5 Å². The summed E-state index contributed by atoms with van der Waals surface area (Å²) in [5.74, 6) is 0.171. The van der Waals surface area contributed by atoms with E-state index in [9.17, 15) is 9.18 Å². The fourth-order valence-electron chi connectivity index (χ4n) is 3.49. The molecule has 5 aromatic rings. The number of esters is 1. The molecular weight excluding hydrogens is 471 g/mol. The van der Waals surface area contributed by atoms with Gasteiger partial charge in [-0.05, 0) is 66.7 Å². The molecule has 0 aliphatic heterocycles. The van der Waals surface area contributed by atoms with E-state index >= 15 is 0 Å². The van der Waals surface area contributed by atoms with Crippen molar-refractivity contribution in [2.45, 2.75) is 12.8 Å². The number of carbonyl (C=O) groups is 1. The van der Waals surface area contributed by atoms with Crippen LogP contribution in [-0.2, 0) is 11.2 Å². The summed E-state index contributed by atoms with van der Waals surface area (Å²) in [7, 11) is 0. The molecule has 8 nitrogen and oxygen atoms in total. The predicted molar refractivity (Wildman–Crippen MR) is 127 cm³/mol. The zero-order valence-corrected chi connectivity index (χ0v) is 19.0. The van der Waals surface area contributed by atoms with E-state index in [2.05, 4.69) is 20.3 Å². The van der Waals surface area contributed by atoms with Crippen molar-refractivity contribution in [3.8, 4) is 28.5 Å². The van der Waals surface area contributed by atoms with Crippen molar-refractivity contribution < 1.29 is 13.9 Å². The van der Waals surface area contributed by atoms with Crippen molar-refractivity contribution in [3.05, 3.63) is 102 Å². The normalized spacial score (nSPS) is 10.9. The van der Waals surface area contributed by atoms with Crippen LogP contribution in [0.15, 0.2) is 85.5 Å². The Hall–Kier alpha value is -4.37. The summed E-state index contributed by atoms with van der Waals surface area (Å²) in [6, 6.07) is 18.3. The molecule has 3 heterocycles. The number of halogens is 2. The number of benzene rings is 2. The summed E-state index contributed by atoms with van der Waals surface area (Å²) in [6.45, 7) is 0. The topological polar surface area (TPSA) is 87.7 Å². The Morgan fingerprint density at radius 2 is 1.80 bits per heavy atom. The van der Waals surface area contributed by atoms with Gasteiger partial charge in [-0.2, -0.15) is 5.10 Å². The number of nitrogens with zero attached hydrogens (tertiary/aromatic N) is 6. The summed E-state index contributed by atoms with van der Waals surface area (Å²) < 4.78 is 22.3. The maximum Gasteiger partial charge on any atom is 0.311 e. The third-order valence-electron chi connectivity index (χ3n) is 5.19. The van der Waals surface area contributed by atoms with E-state index in [1.165, 1.54) is 12.1 Å². The number of imidazole rings is 1. The number of aryl methyl sites for hydroxylation is 1. The Morgan fingerprint density at radius 3 is 2.49 bits per heavy atom. The highest BCUT2D eigenvalue weighted by atomic mass is 35.5. The number of hydrogen-bond donors (Lipinski definition) is 0. The maximum absolute atomic E-state index is 13.4. The number of carbonyl (C=O) groups excluding carboxylic acids is 1. The average Bonchev–Trinajstić information content (AvgIpc) is 3.55. The first kappa shape index (κ1) is 22.4. The first-order valence-corrected chi connectivity index (χ1v) is 11.1. The van der Waals surface area contributed by atoms with E-state index in [1.807, 2.05) is 29.0 Å². The van der Waals surface area contributed by atoms with Crippen molar-refractivity contribution in [2.75, 3.05) is 0 Å². The number of aromatic nitrogens is 6. The van der Waals surface area contributed by atoms with Crippen molar-refractivity contribution >= 4 is 17.6 Å². The Kier molecular flexibility index (Phi) is 6.32. The van der Waals surface area contributed by atoms with Gasteiger partial charge in [0.15, 0.2) is 11.0 Å². The summed E-state index contributed by atoms with van der Waals surface area (Å²) in [5, 5.41) is 12.8. The average molecular weight is 489 g/mol. The summed E-state index contributed by atoms with van der Waals surface area (Å²) in [6.07, 6.45) is 5.67. The minimum Gasteiger partial charge on any atom is -0.427 e. The lowest BCUT2D eigenvalue weighted by Crippen LogP contribution is -2.09. The van der Waals surface area contributed by atoms with Gasteiger partial charge in [-0.15, -0.1) is 10.2 Å². The molecule has 0 fully saturated rings. The summed E-state index contributed by atoms with van der Waals surface area (Å²) in [4.78, 5) is 16.5. The second-order valence-electron chi connectivity index (χ2n) is 7.59. The zero-order chi connectivity index (χ0) is 24.2. The Labute approximate surface area is 204 Å². The van der Waals surface area contributed by atoms with Crippen LogP contribution in [0, 0.1) is 5.82 Å². The van der Waals surface area contributed by atoms with E-state index in [0.717, 1.165) is 11.3 Å². The molecule has 0 saturated carbocycles. The highest BCUT2D eigenvalue weighted by molar-refractivity contribution is 6.29. The highest BCUT2D eigenvalue weighted by Crippen LogP contribution is 2.25. The number of hydrogen-bond acceptors (Lipinski definition) is 6. The van der Waals surface area contributed by atoms with Crippen LogP contribution in [0.25, 0.3) is 22.8 Å². The summed E-state index contributed by atoms with van der Waals surface area (Å²) in [5.41, 5.74) is 2.97. The lowest BCUT2D eigenvalue weighted by atomic mass is 10.1. The molecule has 5 rings (SSSR count). The smallest absolute Gasteiger partial charge is 0.311 e. The van der Waals surface area contributed by atoms with Crippen molar-refractivity contribution in [1.29, 1.82) is 0 Å². The predicted octanol–water partition coefficient (Wildman–Crippen LogP) is 4.85. The lowest BCUT2D eigenvalue weighted by molar-refractivity contribution is -0.134. The van der Waals surface area contributed by atoms with Gasteiger partial charge in [-0.25, -0.2) is 14.1 Å². The molecule has 0 saturated heterocycles. The Morgan fingerprint density at radius 1 is 1.00 bits per heavy atom. The molecule has 10 heteroatoms. The van der Waals surface area contributed by atoms with Crippen LogP contribution in [0.3, 0.4) is 0 Å². The minimum absolute atomic E-state index is 0.120. The van der Waals surface area contributed by atoms with E-state index in [0.29, 0.717) is 29.4 Å². The standard InChI is InChI=1S/C25H18ClFN6O2/c26-23-10-11-24(30-29-23)33-22(17-1-3-18(27)4-2-17)15-19(31-33)5-12-25(34)35-21-8-6-20(7-9-21)32-14-13-28-16-32/h1-4,6-11,13-16H,5,12H2. The van der Waals surface area contributed by atoms with Gasteiger partial charge in [0.05, 0.1) is 24.1 Å². The molecule has 0 spiro atoms. The van der Waals surface area contributed by atoms with Gasteiger partial charge >= 0.3 is 5.97 Å². The van der Waals surface area contributed by atoms with Crippen molar-refractivity contribution in [2.24, 2.45) is 0 Å². The van der Waals surface area contributed by atoms with Crippen LogP contribution < -0.4 is 4.74 Å². The second kappa shape index (κ2) is 9.86. The Balaban J connectivity index is 1.30. The molecule has 0 radical (unpaired) electrons. The van der Waals surface area contributed by atoms with Gasteiger partial charge in [-0.3, -0.25) is 4.79 Å². The van der Waals surface area contributed by atoms with Crippen molar-refractivity contribution in [3.63, 3.8) is 0 Å². The SMILES string of the molecule is O=C(CCc1cc(-c2ccc(F)cc2)n(-c2ccc(Cl)nn2)n1)Oc1ccc(-n2ccnc2)cc1. The van der Waals surface area contributed by atoms with Crippen molar-refractivity contribution in [1.82, 2.24) is 29.5 Å². The molecule has 0 unspecified atom stereocenters. The van der Waals surface area contributed by atoms with Crippen LogP contribution in [0.1, 0.15) is 12.1 Å². The molecule has 0 aliphatic carbocycles. The molecular formula is C25H18ClFN6O2. The van der Waals surface area contributed by atoms with Gasteiger partial charge in [0.2, 0.25) is 0 Å². The second-order valence-corrected chi connectivity index (χ2v) is 7.98. The molecule has 0 N–H and O–H groups in total.